The van der Waals surface area contributed by atoms with Crippen LogP contribution in [0.5, 0.6) is 0 Å². The van der Waals surface area contributed by atoms with E-state index < -0.39 is 41.7 Å². The third-order valence-corrected chi connectivity index (χ3v) is 5.34. The standard InChI is InChI=1S/C21H37N3O6S/c1-13(2)11-14(23-20(28)30-21(3,4)5)17(25)22-15(12-31-7)18(26)24-10-8-9-16(24)19(27)29-6/h13-16H,8-12H2,1-7H3,(H,22,25)(H,23,28)/t14-,15-,16-/m0/s1. The zero-order chi connectivity index (χ0) is 23.8. The van der Waals surface area contributed by atoms with Gasteiger partial charge >= 0.3 is 12.1 Å². The van der Waals surface area contributed by atoms with Gasteiger partial charge in [-0.2, -0.15) is 11.8 Å². The zero-order valence-corrected chi connectivity index (χ0v) is 20.5. The maximum Gasteiger partial charge on any atom is 0.408 e. The van der Waals surface area contributed by atoms with Gasteiger partial charge in [0, 0.05) is 12.3 Å². The number of carbonyl (C=O) groups excluding carboxylic acids is 4. The number of carbonyl (C=O) groups is 4. The monoisotopic (exact) mass is 459 g/mol. The quantitative estimate of drug-likeness (QED) is 0.507. The minimum atomic E-state index is -0.845. The molecule has 10 heteroatoms. The second-order valence-corrected chi connectivity index (χ2v) is 9.97. The van der Waals surface area contributed by atoms with Gasteiger partial charge in [0.2, 0.25) is 11.8 Å². The summed E-state index contributed by atoms with van der Waals surface area (Å²) in [5.74, 6) is -0.764. The Bertz CT molecular complexity index is 650. The van der Waals surface area contributed by atoms with Crippen LogP contribution in [-0.2, 0) is 23.9 Å². The van der Waals surface area contributed by atoms with Gasteiger partial charge in [0.1, 0.15) is 23.7 Å². The Morgan fingerprint density at radius 1 is 1.13 bits per heavy atom. The van der Waals surface area contributed by atoms with Crippen LogP contribution in [0, 0.1) is 5.92 Å². The van der Waals surface area contributed by atoms with Crippen LogP contribution in [-0.4, -0.2) is 78.2 Å². The number of amides is 3. The van der Waals surface area contributed by atoms with Gasteiger partial charge in [0.15, 0.2) is 0 Å². The van der Waals surface area contributed by atoms with Crippen LogP contribution in [0.2, 0.25) is 0 Å². The van der Waals surface area contributed by atoms with Gasteiger partial charge < -0.3 is 25.0 Å². The maximum atomic E-state index is 13.1. The molecule has 0 radical (unpaired) electrons. The number of likely N-dealkylation sites (tertiary alicyclic amines) is 1. The Morgan fingerprint density at radius 2 is 1.77 bits per heavy atom. The van der Waals surface area contributed by atoms with Gasteiger partial charge in [-0.05, 0) is 52.2 Å². The molecule has 0 aromatic rings. The Hall–Kier alpha value is -1.97. The highest BCUT2D eigenvalue weighted by Gasteiger charge is 2.39. The second kappa shape index (κ2) is 12.2. The third-order valence-electron chi connectivity index (χ3n) is 4.67. The summed E-state index contributed by atoms with van der Waals surface area (Å²) in [7, 11) is 1.29. The molecule has 1 aliphatic heterocycles. The van der Waals surface area contributed by atoms with Crippen LogP contribution in [0.1, 0.15) is 53.9 Å². The SMILES string of the molecule is COC(=O)[C@@H]1CCCN1C(=O)[C@H](CSC)NC(=O)[C@H](CC(C)C)NC(=O)OC(C)(C)C. The Kier molecular flexibility index (Phi) is 10.6. The molecule has 1 aliphatic rings. The molecule has 0 spiro atoms. The lowest BCUT2D eigenvalue weighted by Gasteiger charge is -2.29. The molecule has 0 aromatic heterocycles. The highest BCUT2D eigenvalue weighted by atomic mass is 32.2. The summed E-state index contributed by atoms with van der Waals surface area (Å²) in [4.78, 5) is 51.9. The molecule has 1 rings (SSSR count). The minimum absolute atomic E-state index is 0.127. The molecule has 9 nitrogen and oxygen atoms in total. The Morgan fingerprint density at radius 3 is 2.29 bits per heavy atom. The maximum absolute atomic E-state index is 13.1. The molecule has 0 aromatic carbocycles. The Balaban J connectivity index is 2.93. The summed E-state index contributed by atoms with van der Waals surface area (Å²) in [6, 6.07) is -2.30. The molecule has 0 unspecified atom stereocenters. The van der Waals surface area contributed by atoms with Crippen LogP contribution in [0.3, 0.4) is 0 Å². The summed E-state index contributed by atoms with van der Waals surface area (Å²) in [5, 5.41) is 5.39. The van der Waals surface area contributed by atoms with Gasteiger partial charge in [0.25, 0.3) is 0 Å². The smallest absolute Gasteiger partial charge is 0.408 e. The van der Waals surface area contributed by atoms with Crippen molar-refractivity contribution in [3.05, 3.63) is 0 Å². The third kappa shape index (κ3) is 8.96. The predicted molar refractivity (Wildman–Crippen MR) is 120 cm³/mol. The lowest BCUT2D eigenvalue weighted by molar-refractivity contribution is -0.151. The fraction of sp³-hybridized carbons (Fsp3) is 0.810. The van der Waals surface area contributed by atoms with E-state index >= 15 is 0 Å². The number of hydrogen-bond donors (Lipinski definition) is 2. The van der Waals surface area contributed by atoms with E-state index in [0.717, 1.165) is 0 Å². The first kappa shape index (κ1) is 27.1. The lowest BCUT2D eigenvalue weighted by Crippen LogP contribution is -2.57. The highest BCUT2D eigenvalue weighted by Crippen LogP contribution is 2.20. The molecule has 0 aliphatic carbocycles. The van der Waals surface area contributed by atoms with Crippen molar-refractivity contribution in [3.63, 3.8) is 0 Å². The van der Waals surface area contributed by atoms with Crippen molar-refractivity contribution >= 4 is 35.6 Å². The normalized spacial score (nSPS) is 18.3. The molecular formula is C21H37N3O6S. The van der Waals surface area contributed by atoms with Crippen LogP contribution in [0.25, 0.3) is 0 Å². The van der Waals surface area contributed by atoms with Crippen LogP contribution < -0.4 is 10.6 Å². The van der Waals surface area contributed by atoms with Crippen LogP contribution >= 0.6 is 11.8 Å². The van der Waals surface area contributed by atoms with Crippen molar-refractivity contribution in [2.24, 2.45) is 5.92 Å². The minimum Gasteiger partial charge on any atom is -0.467 e. The summed E-state index contributed by atoms with van der Waals surface area (Å²) in [6.07, 6.45) is 2.76. The predicted octanol–water partition coefficient (Wildman–Crippen LogP) is 1.94. The van der Waals surface area contributed by atoms with Gasteiger partial charge in [-0.1, -0.05) is 13.8 Å². The molecule has 31 heavy (non-hydrogen) atoms. The van der Waals surface area contributed by atoms with E-state index in [1.165, 1.54) is 23.8 Å². The number of nitrogens with zero attached hydrogens (tertiary/aromatic N) is 1. The summed E-state index contributed by atoms with van der Waals surface area (Å²) >= 11 is 1.41. The number of thioether (sulfide) groups is 1. The van der Waals surface area contributed by atoms with Crippen molar-refractivity contribution in [2.45, 2.75) is 77.6 Å². The first-order valence-corrected chi connectivity index (χ1v) is 12.0. The fourth-order valence-corrected chi connectivity index (χ4v) is 3.94. The number of nitrogens with one attached hydrogen (secondary N) is 2. The number of ether oxygens (including phenoxy) is 2. The molecule has 3 atom stereocenters. The van der Waals surface area contributed by atoms with E-state index in [0.29, 0.717) is 31.6 Å². The van der Waals surface area contributed by atoms with E-state index in [9.17, 15) is 19.2 Å². The molecule has 0 bridgehead atoms. The van der Waals surface area contributed by atoms with Crippen molar-refractivity contribution in [1.29, 1.82) is 0 Å². The average Bonchev–Trinajstić information content (AvgIpc) is 3.13. The number of methoxy groups -OCH3 is 1. The van der Waals surface area contributed by atoms with Crippen LogP contribution in [0.15, 0.2) is 0 Å². The molecule has 3 amide bonds. The molecule has 2 N–H and O–H groups in total. The number of esters is 1. The molecule has 0 saturated carbocycles. The number of alkyl carbamates (subject to hydrolysis) is 1. The number of hydrogen-bond acceptors (Lipinski definition) is 7. The van der Waals surface area contributed by atoms with Crippen molar-refractivity contribution in [2.75, 3.05) is 25.7 Å². The second-order valence-electron chi connectivity index (χ2n) is 9.06. The van der Waals surface area contributed by atoms with E-state index in [2.05, 4.69) is 10.6 Å². The highest BCUT2D eigenvalue weighted by molar-refractivity contribution is 7.98. The lowest BCUT2D eigenvalue weighted by atomic mass is 10.0. The summed E-state index contributed by atoms with van der Waals surface area (Å²) < 4.78 is 10.1. The van der Waals surface area contributed by atoms with Crippen molar-refractivity contribution < 1.29 is 28.7 Å². The van der Waals surface area contributed by atoms with Gasteiger partial charge in [0.05, 0.1) is 7.11 Å². The first-order chi connectivity index (χ1) is 14.4. The van der Waals surface area contributed by atoms with E-state index in [4.69, 9.17) is 9.47 Å². The van der Waals surface area contributed by atoms with Gasteiger partial charge in [-0.25, -0.2) is 9.59 Å². The zero-order valence-electron chi connectivity index (χ0n) is 19.6. The van der Waals surface area contributed by atoms with E-state index in [-0.39, 0.29) is 11.8 Å². The van der Waals surface area contributed by atoms with Gasteiger partial charge in [-0.3, -0.25) is 9.59 Å². The van der Waals surface area contributed by atoms with E-state index in [1.54, 1.807) is 20.8 Å². The number of rotatable bonds is 9. The average molecular weight is 460 g/mol. The largest absolute Gasteiger partial charge is 0.467 e. The topological polar surface area (TPSA) is 114 Å². The molecule has 1 saturated heterocycles. The molecular weight excluding hydrogens is 422 g/mol. The van der Waals surface area contributed by atoms with Crippen LogP contribution in [0.4, 0.5) is 4.79 Å². The summed E-state index contributed by atoms with van der Waals surface area (Å²) in [5.41, 5.74) is -0.695. The van der Waals surface area contributed by atoms with Crippen molar-refractivity contribution in [3.8, 4) is 0 Å². The molecule has 178 valence electrons. The van der Waals surface area contributed by atoms with Crippen molar-refractivity contribution in [1.82, 2.24) is 15.5 Å². The first-order valence-electron chi connectivity index (χ1n) is 10.6. The molecule has 1 fully saturated rings. The molecule has 1 heterocycles. The van der Waals surface area contributed by atoms with E-state index in [1.807, 2.05) is 20.1 Å². The fourth-order valence-electron chi connectivity index (χ4n) is 3.38. The Labute approximate surface area is 189 Å². The van der Waals surface area contributed by atoms with Gasteiger partial charge in [-0.15, -0.1) is 0 Å². The summed E-state index contributed by atoms with van der Waals surface area (Å²) in [6.45, 7) is 9.53.